The van der Waals surface area contributed by atoms with Crippen molar-refractivity contribution in [2.24, 2.45) is 0 Å². The molecule has 0 aliphatic heterocycles. The highest BCUT2D eigenvalue weighted by Crippen LogP contribution is 2.32. The molecule has 7 nitrogen and oxygen atoms in total. The number of nitrogens with one attached hydrogen (secondary N) is 2. The van der Waals surface area contributed by atoms with E-state index in [1.54, 1.807) is 6.08 Å². The molecule has 0 spiro atoms. The number of rotatable bonds is 6. The predicted octanol–water partition coefficient (Wildman–Crippen LogP) is 5.53. The Kier molecular flexibility index (Phi) is 5.94. The lowest BCUT2D eigenvalue weighted by Crippen LogP contribution is -2.13. The fourth-order valence-corrected chi connectivity index (χ4v) is 4.96. The van der Waals surface area contributed by atoms with Gasteiger partial charge in [-0.1, -0.05) is 35.6 Å². The van der Waals surface area contributed by atoms with Gasteiger partial charge in [-0.05, 0) is 57.6 Å². The van der Waals surface area contributed by atoms with E-state index in [2.05, 4.69) is 50.7 Å². The Balaban J connectivity index is 1.65. The molecule has 0 saturated carbocycles. The van der Waals surface area contributed by atoms with E-state index in [1.807, 2.05) is 43.5 Å². The van der Waals surface area contributed by atoms with Crippen molar-refractivity contribution in [3.05, 3.63) is 76.0 Å². The third kappa shape index (κ3) is 3.85. The molecule has 0 unspecified atom stereocenters. The van der Waals surface area contributed by atoms with Gasteiger partial charge in [-0.2, -0.15) is 5.10 Å². The quantitative estimate of drug-likeness (QED) is 0.291. The number of benzene rings is 1. The summed E-state index contributed by atoms with van der Waals surface area (Å²) in [6, 6.07) is 10.0. The van der Waals surface area contributed by atoms with Crippen molar-refractivity contribution in [2.45, 2.75) is 34.2 Å². The summed E-state index contributed by atoms with van der Waals surface area (Å²) in [5.41, 5.74) is 5.49. The first-order valence-electron chi connectivity index (χ1n) is 10.1. The molecule has 1 amide bonds. The van der Waals surface area contributed by atoms with Crippen LogP contribution in [0.1, 0.15) is 33.0 Å². The number of allylic oxidation sites excluding steroid dienone is 1. The van der Waals surface area contributed by atoms with E-state index in [0.29, 0.717) is 27.8 Å². The van der Waals surface area contributed by atoms with Gasteiger partial charge in [-0.3, -0.25) is 19.8 Å². The van der Waals surface area contributed by atoms with Crippen LogP contribution in [0.4, 0.5) is 5.13 Å². The van der Waals surface area contributed by atoms with Gasteiger partial charge in [0.1, 0.15) is 0 Å². The van der Waals surface area contributed by atoms with Crippen LogP contribution in [0.25, 0.3) is 16.4 Å². The molecule has 164 valence electrons. The van der Waals surface area contributed by atoms with E-state index in [1.165, 1.54) is 11.3 Å². The van der Waals surface area contributed by atoms with Crippen LogP contribution in [0.5, 0.6) is 0 Å². The molecule has 9 heteroatoms. The normalized spacial score (nSPS) is 11.0. The number of aromatic nitrogens is 5. The van der Waals surface area contributed by atoms with Crippen molar-refractivity contribution in [3.8, 4) is 16.4 Å². The summed E-state index contributed by atoms with van der Waals surface area (Å²) in [6.07, 6.45) is 1.76. The molecule has 0 bridgehead atoms. The second kappa shape index (κ2) is 8.68. The number of carbonyl (C=O) groups excluding carboxylic acids is 1. The van der Waals surface area contributed by atoms with Crippen molar-refractivity contribution < 1.29 is 4.79 Å². The number of para-hydroxylation sites is 1. The molecule has 3 heterocycles. The molecule has 0 aliphatic rings. The van der Waals surface area contributed by atoms with E-state index < -0.39 is 0 Å². The molecule has 1 aromatic carbocycles. The fourth-order valence-electron chi connectivity index (χ4n) is 3.79. The van der Waals surface area contributed by atoms with Crippen LogP contribution in [0.2, 0.25) is 0 Å². The zero-order valence-electron chi connectivity index (χ0n) is 18.4. The van der Waals surface area contributed by atoms with Gasteiger partial charge in [0.2, 0.25) is 0 Å². The van der Waals surface area contributed by atoms with Gasteiger partial charge in [0.15, 0.2) is 15.7 Å². The van der Waals surface area contributed by atoms with Gasteiger partial charge in [-0.25, -0.2) is 4.98 Å². The van der Waals surface area contributed by atoms with Gasteiger partial charge in [0.25, 0.3) is 5.91 Å². The molecule has 0 atom stereocenters. The minimum Gasteiger partial charge on any atom is -0.317 e. The maximum Gasteiger partial charge on any atom is 0.259 e. The lowest BCUT2D eigenvalue weighted by atomic mass is 10.2. The van der Waals surface area contributed by atoms with Crippen LogP contribution in [0.3, 0.4) is 0 Å². The number of thiazole rings is 1. The molecular formula is C23H24N6OS2. The largest absolute Gasteiger partial charge is 0.317 e. The van der Waals surface area contributed by atoms with Gasteiger partial charge < -0.3 is 4.57 Å². The number of carbonyl (C=O) groups is 1. The first kappa shape index (κ1) is 21.9. The molecule has 32 heavy (non-hydrogen) atoms. The lowest BCUT2D eigenvalue weighted by Gasteiger charge is -2.12. The Labute approximate surface area is 195 Å². The number of anilines is 1. The van der Waals surface area contributed by atoms with Crippen LogP contribution in [-0.4, -0.2) is 30.2 Å². The average molecular weight is 465 g/mol. The number of nitrogens with zero attached hydrogens (tertiary/aromatic N) is 4. The highest BCUT2D eigenvalue weighted by atomic mass is 32.1. The predicted molar refractivity (Wildman–Crippen MR) is 131 cm³/mol. The molecular weight excluding hydrogens is 440 g/mol. The number of hydrogen-bond donors (Lipinski definition) is 2. The van der Waals surface area contributed by atoms with Gasteiger partial charge in [0.05, 0.1) is 16.1 Å². The Hall–Kier alpha value is -3.30. The van der Waals surface area contributed by atoms with E-state index >= 15 is 0 Å². The monoisotopic (exact) mass is 464 g/mol. The Morgan fingerprint density at radius 1 is 1.28 bits per heavy atom. The standard InChI is InChI=1S/C23H24N6OS2/c1-6-11-28-20(26-27-23(28)31)19-15(4)24-22(32-19)25-21(30)17-12-14(3)29(16(17)5)18-10-8-7-9-13(18)2/h6-10,12H,1,11H2,2-5H3,(H,27,31)(H,24,25,30). The number of aromatic amines is 1. The second-order valence-corrected chi connectivity index (χ2v) is 8.93. The van der Waals surface area contributed by atoms with Crippen molar-refractivity contribution in [2.75, 3.05) is 5.32 Å². The third-order valence-electron chi connectivity index (χ3n) is 5.32. The van der Waals surface area contributed by atoms with Crippen molar-refractivity contribution in [3.63, 3.8) is 0 Å². The summed E-state index contributed by atoms with van der Waals surface area (Å²) in [6.45, 7) is 12.2. The zero-order chi connectivity index (χ0) is 23.0. The number of amides is 1. The van der Waals surface area contributed by atoms with Gasteiger partial charge in [-0.15, -0.1) is 6.58 Å². The fraction of sp³-hybridized carbons (Fsp3) is 0.217. The minimum atomic E-state index is -0.191. The summed E-state index contributed by atoms with van der Waals surface area (Å²) in [5, 5.41) is 10.6. The Morgan fingerprint density at radius 2 is 2.03 bits per heavy atom. The molecule has 4 rings (SSSR count). The minimum absolute atomic E-state index is 0.191. The molecule has 0 radical (unpaired) electrons. The second-order valence-electron chi connectivity index (χ2n) is 7.55. The average Bonchev–Trinajstić information content (AvgIpc) is 3.38. The molecule has 0 saturated heterocycles. The topological polar surface area (TPSA) is 80.5 Å². The lowest BCUT2D eigenvalue weighted by molar-refractivity contribution is 0.102. The summed E-state index contributed by atoms with van der Waals surface area (Å²) in [7, 11) is 0. The van der Waals surface area contributed by atoms with Crippen LogP contribution >= 0.6 is 23.6 Å². The van der Waals surface area contributed by atoms with E-state index in [-0.39, 0.29) is 5.91 Å². The van der Waals surface area contributed by atoms with Crippen molar-refractivity contribution in [1.82, 2.24) is 24.3 Å². The molecule has 4 aromatic rings. The van der Waals surface area contributed by atoms with Crippen LogP contribution in [0.15, 0.2) is 43.0 Å². The van der Waals surface area contributed by atoms with Gasteiger partial charge >= 0.3 is 0 Å². The maximum absolute atomic E-state index is 13.1. The van der Waals surface area contributed by atoms with E-state index in [0.717, 1.165) is 33.2 Å². The first-order chi connectivity index (χ1) is 15.3. The SMILES string of the molecule is C=CCn1c(-c2sc(NC(=O)c3cc(C)n(-c4ccccc4C)c3C)nc2C)n[nH]c1=S. The smallest absolute Gasteiger partial charge is 0.259 e. The highest BCUT2D eigenvalue weighted by Gasteiger charge is 2.21. The summed E-state index contributed by atoms with van der Waals surface area (Å²) < 4.78 is 4.47. The molecule has 3 aromatic heterocycles. The Morgan fingerprint density at radius 3 is 2.75 bits per heavy atom. The highest BCUT2D eigenvalue weighted by molar-refractivity contribution is 7.71. The molecule has 0 fully saturated rings. The van der Waals surface area contributed by atoms with Crippen LogP contribution in [-0.2, 0) is 6.54 Å². The maximum atomic E-state index is 13.1. The molecule has 2 N–H and O–H groups in total. The summed E-state index contributed by atoms with van der Waals surface area (Å²) >= 11 is 6.68. The number of H-pyrrole nitrogens is 1. The number of aryl methyl sites for hydroxylation is 3. The van der Waals surface area contributed by atoms with E-state index in [9.17, 15) is 4.79 Å². The van der Waals surface area contributed by atoms with Crippen LogP contribution < -0.4 is 5.32 Å². The molecule has 0 aliphatic carbocycles. The van der Waals surface area contributed by atoms with E-state index in [4.69, 9.17) is 12.2 Å². The Bertz CT molecular complexity index is 1390. The van der Waals surface area contributed by atoms with Crippen molar-refractivity contribution >= 4 is 34.6 Å². The van der Waals surface area contributed by atoms with Crippen LogP contribution in [0, 0.1) is 32.5 Å². The number of hydrogen-bond acceptors (Lipinski definition) is 5. The zero-order valence-corrected chi connectivity index (χ0v) is 20.0. The van der Waals surface area contributed by atoms with Gasteiger partial charge in [0, 0.05) is 23.6 Å². The summed E-state index contributed by atoms with van der Waals surface area (Å²) in [5.74, 6) is 0.492. The van der Waals surface area contributed by atoms with Crippen molar-refractivity contribution in [1.29, 1.82) is 0 Å². The first-order valence-corrected chi connectivity index (χ1v) is 11.3. The third-order valence-corrected chi connectivity index (χ3v) is 6.70. The summed E-state index contributed by atoms with van der Waals surface area (Å²) in [4.78, 5) is 18.5.